The van der Waals surface area contributed by atoms with Crippen LogP contribution in [-0.4, -0.2) is 41.8 Å². The first-order chi connectivity index (χ1) is 14.1. The van der Waals surface area contributed by atoms with Crippen LogP contribution in [0.1, 0.15) is 23.7 Å². The van der Waals surface area contributed by atoms with Crippen LogP contribution in [0.3, 0.4) is 0 Å². The van der Waals surface area contributed by atoms with Crippen molar-refractivity contribution in [3.8, 4) is 17.0 Å². The molecule has 1 atom stereocenters. The number of benzene rings is 2. The van der Waals surface area contributed by atoms with Gasteiger partial charge in [-0.2, -0.15) is 5.10 Å². The van der Waals surface area contributed by atoms with Crippen molar-refractivity contribution in [3.05, 3.63) is 65.2 Å². The van der Waals surface area contributed by atoms with Gasteiger partial charge >= 0.3 is 0 Å². The van der Waals surface area contributed by atoms with Gasteiger partial charge in [0.15, 0.2) is 5.82 Å². The average Bonchev–Trinajstić information content (AvgIpc) is 3.39. The molecule has 0 unspecified atom stereocenters. The molecule has 0 aliphatic carbocycles. The Morgan fingerprint density at radius 1 is 1.28 bits per heavy atom. The molecule has 0 saturated carbocycles. The third-order valence-corrected chi connectivity index (χ3v) is 5.25. The lowest BCUT2D eigenvalue weighted by molar-refractivity contribution is 0.0936. The number of nitrogens with one attached hydrogen (secondary N) is 2. The number of hydrogen-bond donors (Lipinski definition) is 2. The molecule has 29 heavy (non-hydrogen) atoms. The molecule has 4 rings (SSSR count). The molecule has 2 N–H and O–H groups in total. The monoisotopic (exact) mass is 410 g/mol. The molecule has 2 heterocycles. The number of carbonyl (C=O) groups is 1. The fourth-order valence-electron chi connectivity index (χ4n) is 3.54. The van der Waals surface area contributed by atoms with E-state index in [4.69, 9.17) is 16.3 Å². The van der Waals surface area contributed by atoms with E-state index in [1.54, 1.807) is 6.07 Å². The van der Waals surface area contributed by atoms with Crippen LogP contribution in [0.15, 0.2) is 54.6 Å². The lowest BCUT2D eigenvalue weighted by Gasteiger charge is -2.17. The SMILES string of the molecule is CCOc1ccccc1C(=O)N[C@@H]1CCN(c2cc(-c3ccc(Cl)cc3)[nH]n2)C1. The fraction of sp³-hybridized carbons (Fsp3) is 0.273. The first-order valence-corrected chi connectivity index (χ1v) is 10.1. The third-order valence-electron chi connectivity index (χ3n) is 5.00. The number of nitrogens with zero attached hydrogens (tertiary/aromatic N) is 2. The minimum absolute atomic E-state index is 0.0628. The molecular formula is C22H23ClN4O2. The maximum atomic E-state index is 12.7. The average molecular weight is 411 g/mol. The number of amides is 1. The summed E-state index contributed by atoms with van der Waals surface area (Å²) in [4.78, 5) is 14.9. The Morgan fingerprint density at radius 3 is 2.86 bits per heavy atom. The molecule has 1 aliphatic heterocycles. The van der Waals surface area contributed by atoms with Crippen LogP contribution in [0.25, 0.3) is 11.3 Å². The molecule has 2 aromatic carbocycles. The van der Waals surface area contributed by atoms with E-state index in [9.17, 15) is 4.79 Å². The van der Waals surface area contributed by atoms with Crippen molar-refractivity contribution < 1.29 is 9.53 Å². The van der Waals surface area contributed by atoms with Gasteiger partial charge in [0, 0.05) is 30.2 Å². The van der Waals surface area contributed by atoms with Gasteiger partial charge in [-0.3, -0.25) is 9.89 Å². The van der Waals surface area contributed by atoms with Crippen LogP contribution in [0.2, 0.25) is 5.02 Å². The first kappa shape index (κ1) is 19.3. The molecule has 7 heteroatoms. The van der Waals surface area contributed by atoms with Crippen LogP contribution in [0, 0.1) is 0 Å². The van der Waals surface area contributed by atoms with Crippen molar-refractivity contribution in [2.45, 2.75) is 19.4 Å². The van der Waals surface area contributed by atoms with E-state index >= 15 is 0 Å². The van der Waals surface area contributed by atoms with E-state index in [0.717, 1.165) is 30.0 Å². The van der Waals surface area contributed by atoms with Gasteiger partial charge in [0.25, 0.3) is 5.91 Å². The molecule has 0 spiro atoms. The Hall–Kier alpha value is -2.99. The van der Waals surface area contributed by atoms with E-state index < -0.39 is 0 Å². The zero-order valence-corrected chi connectivity index (χ0v) is 16.9. The van der Waals surface area contributed by atoms with Crippen LogP contribution in [0.4, 0.5) is 5.82 Å². The summed E-state index contributed by atoms with van der Waals surface area (Å²) in [7, 11) is 0. The lowest BCUT2D eigenvalue weighted by Crippen LogP contribution is -2.37. The normalized spacial score (nSPS) is 16.1. The number of anilines is 1. The predicted octanol–water partition coefficient (Wildman–Crippen LogP) is 4.14. The Bertz CT molecular complexity index is 986. The van der Waals surface area contributed by atoms with Crippen molar-refractivity contribution in [1.82, 2.24) is 15.5 Å². The largest absolute Gasteiger partial charge is 0.493 e. The predicted molar refractivity (Wildman–Crippen MR) is 115 cm³/mol. The van der Waals surface area contributed by atoms with Crippen molar-refractivity contribution in [2.24, 2.45) is 0 Å². The molecule has 0 radical (unpaired) electrons. The maximum Gasteiger partial charge on any atom is 0.255 e. The van der Waals surface area contributed by atoms with Crippen molar-refractivity contribution in [2.75, 3.05) is 24.6 Å². The number of H-pyrrole nitrogens is 1. The van der Waals surface area contributed by atoms with Gasteiger partial charge in [0.1, 0.15) is 5.75 Å². The van der Waals surface area contributed by atoms with Crippen LogP contribution >= 0.6 is 11.6 Å². The van der Waals surface area contributed by atoms with Gasteiger partial charge in [-0.25, -0.2) is 0 Å². The van der Waals surface area contributed by atoms with Gasteiger partial charge in [-0.05, 0) is 43.2 Å². The van der Waals surface area contributed by atoms with Gasteiger partial charge in [-0.1, -0.05) is 35.9 Å². The number of aromatic nitrogens is 2. The van der Waals surface area contributed by atoms with Gasteiger partial charge in [0.05, 0.1) is 17.9 Å². The smallest absolute Gasteiger partial charge is 0.255 e. The highest BCUT2D eigenvalue weighted by Gasteiger charge is 2.26. The van der Waals surface area contributed by atoms with Crippen molar-refractivity contribution >= 4 is 23.3 Å². The zero-order chi connectivity index (χ0) is 20.2. The molecule has 0 bridgehead atoms. The molecule has 150 valence electrons. The number of ether oxygens (including phenoxy) is 1. The highest BCUT2D eigenvalue weighted by Crippen LogP contribution is 2.26. The summed E-state index contributed by atoms with van der Waals surface area (Å²) in [5.41, 5.74) is 2.54. The van der Waals surface area contributed by atoms with Crippen LogP contribution in [-0.2, 0) is 0 Å². The Morgan fingerprint density at radius 2 is 2.07 bits per heavy atom. The molecule has 1 saturated heterocycles. The minimum atomic E-state index is -0.107. The van der Waals surface area contributed by atoms with Gasteiger partial charge in [-0.15, -0.1) is 0 Å². The topological polar surface area (TPSA) is 70.2 Å². The van der Waals surface area contributed by atoms with Crippen LogP contribution in [0.5, 0.6) is 5.75 Å². The summed E-state index contributed by atoms with van der Waals surface area (Å²) in [5.74, 6) is 1.38. The molecular weight excluding hydrogens is 388 g/mol. The number of halogens is 1. The van der Waals surface area contributed by atoms with Gasteiger partial charge < -0.3 is 15.0 Å². The van der Waals surface area contributed by atoms with E-state index in [1.807, 2.05) is 55.5 Å². The van der Waals surface area contributed by atoms with E-state index in [1.165, 1.54) is 0 Å². The molecule has 1 amide bonds. The summed E-state index contributed by atoms with van der Waals surface area (Å²) in [6.07, 6.45) is 0.867. The summed E-state index contributed by atoms with van der Waals surface area (Å²) < 4.78 is 5.57. The second kappa shape index (κ2) is 8.57. The molecule has 6 nitrogen and oxygen atoms in total. The number of hydrogen-bond acceptors (Lipinski definition) is 4. The summed E-state index contributed by atoms with van der Waals surface area (Å²) in [5, 5.41) is 11.4. The second-order valence-corrected chi connectivity index (χ2v) is 7.42. The fourth-order valence-corrected chi connectivity index (χ4v) is 3.66. The van der Waals surface area contributed by atoms with Crippen molar-refractivity contribution in [1.29, 1.82) is 0 Å². The van der Waals surface area contributed by atoms with Crippen LogP contribution < -0.4 is 15.0 Å². The third kappa shape index (κ3) is 4.38. The number of rotatable bonds is 6. The highest BCUT2D eigenvalue weighted by atomic mass is 35.5. The Kier molecular flexibility index (Phi) is 5.71. The number of carbonyl (C=O) groups excluding carboxylic acids is 1. The van der Waals surface area contributed by atoms with Crippen molar-refractivity contribution in [3.63, 3.8) is 0 Å². The molecule has 3 aromatic rings. The molecule has 1 aromatic heterocycles. The number of para-hydroxylation sites is 1. The number of aromatic amines is 1. The van der Waals surface area contributed by atoms with E-state index in [2.05, 4.69) is 20.4 Å². The lowest BCUT2D eigenvalue weighted by atomic mass is 10.1. The Balaban J connectivity index is 1.40. The van der Waals surface area contributed by atoms with E-state index in [-0.39, 0.29) is 11.9 Å². The zero-order valence-electron chi connectivity index (χ0n) is 16.2. The maximum absolute atomic E-state index is 12.7. The summed E-state index contributed by atoms with van der Waals surface area (Å²) in [6, 6.07) is 17.1. The Labute approximate surface area is 174 Å². The van der Waals surface area contributed by atoms with Gasteiger partial charge in [0.2, 0.25) is 0 Å². The summed E-state index contributed by atoms with van der Waals surface area (Å²) >= 11 is 5.96. The summed E-state index contributed by atoms with van der Waals surface area (Å²) in [6.45, 7) is 3.98. The molecule has 1 aliphatic rings. The highest BCUT2D eigenvalue weighted by molar-refractivity contribution is 6.30. The quantitative estimate of drug-likeness (QED) is 0.640. The molecule has 1 fully saturated rings. The standard InChI is InChI=1S/C22H23ClN4O2/c1-2-29-20-6-4-3-5-18(20)22(28)24-17-11-12-27(14-17)21-13-19(25-26-21)15-7-9-16(23)10-8-15/h3-10,13,17H,2,11-12,14H2,1H3,(H,24,28)(H,25,26)/t17-/m1/s1. The second-order valence-electron chi connectivity index (χ2n) is 6.98. The van der Waals surface area contributed by atoms with E-state index in [0.29, 0.717) is 29.5 Å². The first-order valence-electron chi connectivity index (χ1n) is 9.73. The minimum Gasteiger partial charge on any atom is -0.493 e.